The highest BCUT2D eigenvalue weighted by Gasteiger charge is 2.11. The molecule has 0 fully saturated rings. The lowest BCUT2D eigenvalue weighted by Gasteiger charge is -2.10. The first-order valence-corrected chi connectivity index (χ1v) is 6.76. The normalized spacial score (nSPS) is 12.4. The van der Waals surface area contributed by atoms with Gasteiger partial charge in [0.25, 0.3) is 0 Å². The molecule has 1 unspecified atom stereocenters. The van der Waals surface area contributed by atoms with Crippen molar-refractivity contribution in [1.82, 2.24) is 4.98 Å². The van der Waals surface area contributed by atoms with Crippen LogP contribution in [-0.4, -0.2) is 4.98 Å². The van der Waals surface area contributed by atoms with E-state index in [0.29, 0.717) is 11.4 Å². The fourth-order valence-electron chi connectivity index (χ4n) is 1.53. The van der Waals surface area contributed by atoms with Crippen molar-refractivity contribution in [2.24, 2.45) is 0 Å². The molecule has 1 aromatic carbocycles. The molecule has 0 saturated carbocycles. The molecule has 1 nitrogen and oxygen atoms in total. The van der Waals surface area contributed by atoms with Crippen LogP contribution in [0, 0.1) is 0 Å². The number of alkyl halides is 1. The summed E-state index contributed by atoms with van der Waals surface area (Å²) in [5.74, 6) is 0. The van der Waals surface area contributed by atoms with E-state index in [9.17, 15) is 0 Å². The predicted molar refractivity (Wildman–Crippen MR) is 75.7 cm³/mol. The lowest BCUT2D eigenvalue weighted by molar-refractivity contribution is 0.881. The Morgan fingerprint density at radius 2 is 2.06 bits per heavy atom. The summed E-state index contributed by atoms with van der Waals surface area (Å²) in [4.78, 5) is 4.26. The Labute approximate surface area is 119 Å². The maximum atomic E-state index is 6.35. The minimum Gasteiger partial charge on any atom is -0.261 e. The molecule has 0 saturated heterocycles. The van der Waals surface area contributed by atoms with Crippen molar-refractivity contribution < 1.29 is 0 Å². The maximum absolute atomic E-state index is 6.35. The number of halogens is 3. The quantitative estimate of drug-likeness (QED) is 0.720. The molecule has 0 aliphatic rings. The first kappa shape index (κ1) is 12.9. The lowest BCUT2D eigenvalue weighted by Crippen LogP contribution is -1.97. The molecule has 88 valence electrons. The Morgan fingerprint density at radius 3 is 2.71 bits per heavy atom. The molecule has 0 aliphatic carbocycles. The van der Waals surface area contributed by atoms with E-state index >= 15 is 0 Å². The van der Waals surface area contributed by atoms with Gasteiger partial charge >= 0.3 is 0 Å². The molecule has 0 N–H and O–H groups in total. The number of aromatic nitrogens is 1. The van der Waals surface area contributed by atoms with Gasteiger partial charge in [0.1, 0.15) is 0 Å². The summed E-state index contributed by atoms with van der Waals surface area (Å²) < 4.78 is 0.879. The number of hydrogen-bond acceptors (Lipinski definition) is 1. The van der Waals surface area contributed by atoms with Crippen LogP contribution < -0.4 is 0 Å². The van der Waals surface area contributed by atoms with Gasteiger partial charge in [-0.2, -0.15) is 0 Å². The topological polar surface area (TPSA) is 12.9 Å². The molecular formula is C13H10BrCl2N. The smallest absolute Gasteiger partial charge is 0.0641 e. The molecule has 0 bridgehead atoms. The van der Waals surface area contributed by atoms with Crippen LogP contribution in [0.5, 0.6) is 0 Å². The molecular weight excluding hydrogens is 321 g/mol. The van der Waals surface area contributed by atoms with Crippen LogP contribution in [0.4, 0.5) is 0 Å². The second-order valence-electron chi connectivity index (χ2n) is 3.67. The fourth-order valence-corrected chi connectivity index (χ4v) is 2.26. The van der Waals surface area contributed by atoms with Gasteiger partial charge in [-0.15, -0.1) is 11.6 Å². The van der Waals surface area contributed by atoms with E-state index in [2.05, 4.69) is 20.9 Å². The van der Waals surface area contributed by atoms with Crippen LogP contribution in [0.1, 0.15) is 16.6 Å². The van der Waals surface area contributed by atoms with E-state index in [1.165, 1.54) is 0 Å². The van der Waals surface area contributed by atoms with Gasteiger partial charge < -0.3 is 0 Å². The van der Waals surface area contributed by atoms with Gasteiger partial charge in [0, 0.05) is 22.8 Å². The molecule has 1 atom stereocenters. The van der Waals surface area contributed by atoms with Crippen LogP contribution in [0.25, 0.3) is 0 Å². The van der Waals surface area contributed by atoms with Gasteiger partial charge in [-0.3, -0.25) is 4.98 Å². The minimum absolute atomic E-state index is 0.115. The standard InChI is InChI=1S/C13H10BrCl2N/c14-11-5-4-9(7-13(11)16)12(15)8-10-3-1-2-6-17-10/h1-7,12H,8H2. The highest BCUT2D eigenvalue weighted by atomic mass is 79.9. The number of nitrogens with zero attached hydrogens (tertiary/aromatic N) is 1. The Morgan fingerprint density at radius 1 is 1.24 bits per heavy atom. The van der Waals surface area contributed by atoms with E-state index in [4.69, 9.17) is 23.2 Å². The van der Waals surface area contributed by atoms with E-state index in [-0.39, 0.29) is 5.38 Å². The SMILES string of the molecule is Clc1cc(C(Cl)Cc2ccccn2)ccc1Br. The molecule has 4 heteroatoms. The average Bonchev–Trinajstić information content (AvgIpc) is 2.34. The lowest BCUT2D eigenvalue weighted by atomic mass is 10.1. The molecule has 0 spiro atoms. The van der Waals surface area contributed by atoms with Crippen molar-refractivity contribution in [1.29, 1.82) is 0 Å². The largest absolute Gasteiger partial charge is 0.261 e. The highest BCUT2D eigenvalue weighted by molar-refractivity contribution is 9.10. The van der Waals surface area contributed by atoms with Gasteiger partial charge in [0.05, 0.1) is 10.4 Å². The summed E-state index contributed by atoms with van der Waals surface area (Å²) in [5, 5.41) is 0.560. The predicted octanol–water partition coefficient (Wildman–Crippen LogP) is 5.02. The van der Waals surface area contributed by atoms with Gasteiger partial charge in [-0.1, -0.05) is 23.7 Å². The Hall–Kier alpha value is -0.570. The third-order valence-electron chi connectivity index (χ3n) is 2.42. The average molecular weight is 331 g/mol. The van der Waals surface area contributed by atoms with Crippen molar-refractivity contribution in [2.75, 3.05) is 0 Å². The summed E-state index contributed by atoms with van der Waals surface area (Å²) >= 11 is 15.7. The summed E-state index contributed by atoms with van der Waals surface area (Å²) in [6, 6.07) is 11.6. The van der Waals surface area contributed by atoms with E-state index in [1.807, 2.05) is 36.4 Å². The van der Waals surface area contributed by atoms with Crippen molar-refractivity contribution in [3.63, 3.8) is 0 Å². The van der Waals surface area contributed by atoms with Crippen LogP contribution in [0.3, 0.4) is 0 Å². The second-order valence-corrected chi connectivity index (χ2v) is 5.45. The van der Waals surface area contributed by atoms with E-state index < -0.39 is 0 Å². The van der Waals surface area contributed by atoms with E-state index in [0.717, 1.165) is 15.7 Å². The number of hydrogen-bond donors (Lipinski definition) is 0. The molecule has 2 aromatic rings. The molecule has 2 rings (SSSR count). The van der Waals surface area contributed by atoms with Gasteiger partial charge in [-0.25, -0.2) is 0 Å². The monoisotopic (exact) mass is 329 g/mol. The summed E-state index contributed by atoms with van der Waals surface area (Å²) in [5.41, 5.74) is 1.98. The zero-order valence-electron chi connectivity index (χ0n) is 8.91. The molecule has 1 aromatic heterocycles. The Kier molecular flexibility index (Phi) is 4.43. The van der Waals surface area contributed by atoms with Crippen LogP contribution in [-0.2, 0) is 6.42 Å². The van der Waals surface area contributed by atoms with Crippen molar-refractivity contribution in [2.45, 2.75) is 11.8 Å². The van der Waals surface area contributed by atoms with Crippen LogP contribution in [0.2, 0.25) is 5.02 Å². The first-order chi connectivity index (χ1) is 8.16. The summed E-state index contributed by atoms with van der Waals surface area (Å²) in [6.07, 6.45) is 2.47. The minimum atomic E-state index is -0.115. The maximum Gasteiger partial charge on any atom is 0.0641 e. The second kappa shape index (κ2) is 5.85. The third kappa shape index (κ3) is 3.44. The highest BCUT2D eigenvalue weighted by Crippen LogP contribution is 2.30. The molecule has 1 heterocycles. The van der Waals surface area contributed by atoms with Crippen LogP contribution >= 0.6 is 39.1 Å². The summed E-state index contributed by atoms with van der Waals surface area (Å²) in [7, 11) is 0. The van der Waals surface area contributed by atoms with Crippen molar-refractivity contribution >= 4 is 39.1 Å². The van der Waals surface area contributed by atoms with Crippen LogP contribution in [0.15, 0.2) is 47.1 Å². The zero-order chi connectivity index (χ0) is 12.3. The molecule has 0 aliphatic heterocycles. The van der Waals surface area contributed by atoms with Gasteiger partial charge in [0.2, 0.25) is 0 Å². The van der Waals surface area contributed by atoms with E-state index in [1.54, 1.807) is 6.20 Å². The van der Waals surface area contributed by atoms with Crippen molar-refractivity contribution in [3.05, 3.63) is 63.3 Å². The van der Waals surface area contributed by atoms with Gasteiger partial charge in [-0.05, 0) is 45.8 Å². The molecule has 0 amide bonds. The third-order valence-corrected chi connectivity index (χ3v) is 4.06. The molecule has 17 heavy (non-hydrogen) atoms. The number of pyridine rings is 1. The fraction of sp³-hybridized carbons (Fsp3) is 0.154. The van der Waals surface area contributed by atoms with Crippen molar-refractivity contribution in [3.8, 4) is 0 Å². The van der Waals surface area contributed by atoms with Gasteiger partial charge in [0.15, 0.2) is 0 Å². The zero-order valence-corrected chi connectivity index (χ0v) is 12.0. The summed E-state index contributed by atoms with van der Waals surface area (Å²) in [6.45, 7) is 0. The number of rotatable bonds is 3. The first-order valence-electron chi connectivity index (χ1n) is 5.16. The Balaban J connectivity index is 2.14. The number of benzene rings is 1. The Bertz CT molecular complexity index is 502. The molecule has 0 radical (unpaired) electrons.